The molecule has 0 saturated carbocycles. The van der Waals surface area contributed by atoms with Crippen molar-refractivity contribution in [3.05, 3.63) is 68.5 Å². The Labute approximate surface area is 195 Å². The van der Waals surface area contributed by atoms with Gasteiger partial charge in [-0.2, -0.15) is 0 Å². The lowest BCUT2D eigenvalue weighted by molar-refractivity contribution is -0.0586. The van der Waals surface area contributed by atoms with Crippen LogP contribution in [0.15, 0.2) is 35.1 Å². The number of ether oxygens (including phenoxy) is 2. The zero-order chi connectivity index (χ0) is 23.9. The van der Waals surface area contributed by atoms with Crippen molar-refractivity contribution >= 4 is 28.4 Å². The van der Waals surface area contributed by atoms with Crippen LogP contribution in [0, 0.1) is 12.7 Å². The van der Waals surface area contributed by atoms with E-state index in [2.05, 4.69) is 9.97 Å². The Kier molecular flexibility index (Phi) is 6.41. The maximum atomic E-state index is 14.9. The maximum Gasteiger partial charge on any atom is 0.258 e. The molecule has 1 aliphatic rings. The van der Waals surface area contributed by atoms with Crippen LogP contribution in [-0.4, -0.2) is 46.1 Å². The fourth-order valence-corrected chi connectivity index (χ4v) is 4.43. The third-order valence-corrected chi connectivity index (χ3v) is 5.90. The van der Waals surface area contributed by atoms with Crippen LogP contribution in [-0.2, 0) is 4.74 Å². The third kappa shape index (κ3) is 4.86. The van der Waals surface area contributed by atoms with Gasteiger partial charge in [-0.25, -0.2) is 9.37 Å². The number of morpholine rings is 1. The Hall–Kier alpha value is -2.97. The van der Waals surface area contributed by atoms with Gasteiger partial charge < -0.3 is 19.4 Å². The molecule has 0 aliphatic carbocycles. The number of aromatic nitrogens is 2. The van der Waals surface area contributed by atoms with Gasteiger partial charge in [-0.3, -0.25) is 9.59 Å². The van der Waals surface area contributed by atoms with Crippen molar-refractivity contribution in [2.24, 2.45) is 0 Å². The van der Waals surface area contributed by atoms with Crippen LogP contribution in [0.25, 0.3) is 10.9 Å². The summed E-state index contributed by atoms with van der Waals surface area (Å²) in [6.45, 7) is 8.10. The number of hydrogen-bond acceptors (Lipinski definition) is 5. The molecule has 0 bridgehead atoms. The van der Waals surface area contributed by atoms with Crippen LogP contribution >= 0.6 is 11.6 Å². The molecule has 1 saturated heterocycles. The first-order valence-corrected chi connectivity index (χ1v) is 11.1. The highest BCUT2D eigenvalue weighted by molar-refractivity contribution is 6.32. The van der Waals surface area contributed by atoms with E-state index in [4.69, 9.17) is 21.1 Å². The minimum absolute atomic E-state index is 0.0186. The van der Waals surface area contributed by atoms with Crippen molar-refractivity contribution in [3.8, 4) is 5.75 Å². The zero-order valence-corrected chi connectivity index (χ0v) is 19.6. The molecule has 0 radical (unpaired) electrons. The molecule has 2 aromatic carbocycles. The van der Waals surface area contributed by atoms with E-state index >= 15 is 0 Å². The highest BCUT2D eigenvalue weighted by Gasteiger charge is 2.27. The maximum absolute atomic E-state index is 14.9. The van der Waals surface area contributed by atoms with Gasteiger partial charge in [0.05, 0.1) is 23.1 Å². The van der Waals surface area contributed by atoms with Gasteiger partial charge in [-0.05, 0) is 58.0 Å². The lowest BCUT2D eigenvalue weighted by Crippen LogP contribution is -2.48. The lowest BCUT2D eigenvalue weighted by atomic mass is 10.1. The molecule has 1 fully saturated rings. The number of nitrogens with zero attached hydrogens (tertiary/aromatic N) is 2. The lowest BCUT2D eigenvalue weighted by Gasteiger charge is -2.35. The predicted octanol–water partition coefficient (Wildman–Crippen LogP) is 4.41. The Morgan fingerprint density at radius 1 is 1.27 bits per heavy atom. The molecule has 0 spiro atoms. The fourth-order valence-electron chi connectivity index (χ4n) is 4.12. The molecular weight excluding hydrogens is 449 g/mol. The Morgan fingerprint density at radius 2 is 1.97 bits per heavy atom. The minimum Gasteiger partial charge on any atom is -0.483 e. The number of carbonyl (C=O) groups is 1. The molecule has 7 nitrogen and oxygen atoms in total. The summed E-state index contributed by atoms with van der Waals surface area (Å²) >= 11 is 6.40. The number of aromatic amines is 1. The van der Waals surface area contributed by atoms with E-state index in [1.165, 1.54) is 18.2 Å². The quantitative estimate of drug-likeness (QED) is 0.606. The van der Waals surface area contributed by atoms with Gasteiger partial charge in [0.2, 0.25) is 0 Å². The highest BCUT2D eigenvalue weighted by Crippen LogP contribution is 2.31. The van der Waals surface area contributed by atoms with Crippen LogP contribution in [0.3, 0.4) is 0 Å². The summed E-state index contributed by atoms with van der Waals surface area (Å²) in [7, 11) is 0. The summed E-state index contributed by atoms with van der Waals surface area (Å²) in [5.74, 6) is -0.447. The number of nitrogens with one attached hydrogen (secondary N) is 1. The van der Waals surface area contributed by atoms with Gasteiger partial charge in [0.15, 0.2) is 11.6 Å². The normalized spacial score (nSPS) is 19.5. The topological polar surface area (TPSA) is 84.5 Å². The van der Waals surface area contributed by atoms with Gasteiger partial charge in [0, 0.05) is 29.2 Å². The van der Waals surface area contributed by atoms with Crippen LogP contribution in [0.5, 0.6) is 5.75 Å². The summed E-state index contributed by atoms with van der Waals surface area (Å²) in [5.41, 5.74) is 0.947. The number of benzene rings is 2. The van der Waals surface area contributed by atoms with Gasteiger partial charge in [0.25, 0.3) is 11.5 Å². The summed E-state index contributed by atoms with van der Waals surface area (Å²) in [6, 6.07) is 7.34. The van der Waals surface area contributed by atoms with Crippen molar-refractivity contribution in [1.82, 2.24) is 14.9 Å². The third-order valence-electron chi connectivity index (χ3n) is 5.57. The monoisotopic (exact) mass is 473 g/mol. The Morgan fingerprint density at radius 3 is 2.64 bits per heavy atom. The number of aryl methyl sites for hydroxylation is 1. The largest absolute Gasteiger partial charge is 0.483 e. The standard InChI is InChI=1S/C24H25ClFN3O4/c1-12-10-29(11-13(2)32-12)24(31)16-5-6-22(20(26)7-16)33-14(3)17-8-18-21(9-19(17)25)27-15(4)28-23(18)30/h5-9,12-14H,10-11H2,1-4H3,(H,27,28,30)/t12-,13+,14-/m0/s1. The van der Waals surface area contributed by atoms with Crippen molar-refractivity contribution in [1.29, 1.82) is 0 Å². The molecule has 3 aromatic rings. The van der Waals surface area contributed by atoms with E-state index in [0.717, 1.165) is 0 Å². The Balaban J connectivity index is 1.55. The van der Waals surface area contributed by atoms with E-state index in [-0.39, 0.29) is 35.0 Å². The van der Waals surface area contributed by atoms with Crippen LogP contribution in [0.2, 0.25) is 5.02 Å². The van der Waals surface area contributed by atoms with Crippen molar-refractivity contribution in [2.75, 3.05) is 13.1 Å². The molecule has 1 aliphatic heterocycles. The molecule has 1 amide bonds. The van der Waals surface area contributed by atoms with Crippen LogP contribution < -0.4 is 10.3 Å². The second-order valence-corrected chi connectivity index (χ2v) is 8.82. The number of halogens is 2. The molecule has 1 N–H and O–H groups in total. The number of carbonyl (C=O) groups excluding carboxylic acids is 1. The summed E-state index contributed by atoms with van der Waals surface area (Å²) in [4.78, 5) is 33.7. The van der Waals surface area contributed by atoms with Crippen LogP contribution in [0.1, 0.15) is 48.6 Å². The smallest absolute Gasteiger partial charge is 0.258 e. The van der Waals surface area contributed by atoms with Crippen LogP contribution in [0.4, 0.5) is 4.39 Å². The number of hydrogen-bond donors (Lipinski definition) is 1. The first kappa shape index (κ1) is 23.2. The van der Waals surface area contributed by atoms with Gasteiger partial charge in [-0.15, -0.1) is 0 Å². The van der Waals surface area contributed by atoms with Crippen molar-refractivity contribution in [2.45, 2.75) is 46.0 Å². The average Bonchev–Trinajstić information content (AvgIpc) is 2.73. The molecule has 174 valence electrons. The second-order valence-electron chi connectivity index (χ2n) is 8.41. The van der Waals surface area contributed by atoms with Gasteiger partial charge >= 0.3 is 0 Å². The minimum atomic E-state index is -0.658. The summed E-state index contributed by atoms with van der Waals surface area (Å²) in [6.07, 6.45) is -0.812. The molecule has 9 heteroatoms. The number of rotatable bonds is 4. The van der Waals surface area contributed by atoms with E-state index in [0.29, 0.717) is 40.4 Å². The van der Waals surface area contributed by atoms with Gasteiger partial charge in [-0.1, -0.05) is 11.6 Å². The summed E-state index contributed by atoms with van der Waals surface area (Å²) < 4.78 is 26.3. The Bertz CT molecular complexity index is 1270. The van der Waals surface area contributed by atoms with E-state index in [1.54, 1.807) is 30.9 Å². The SMILES string of the molecule is Cc1nc2cc(Cl)c([C@H](C)Oc3ccc(C(=O)N4C[C@@H](C)O[C@@H](C)C4)cc3F)cc2c(=O)[nH]1. The first-order valence-electron chi connectivity index (χ1n) is 10.7. The molecule has 3 atom stereocenters. The average molecular weight is 474 g/mol. The fraction of sp³-hybridized carbons (Fsp3) is 0.375. The van der Waals surface area contributed by atoms with Gasteiger partial charge in [0.1, 0.15) is 11.9 Å². The first-order chi connectivity index (χ1) is 15.6. The van der Waals surface area contributed by atoms with Crippen molar-refractivity contribution < 1.29 is 18.7 Å². The predicted molar refractivity (Wildman–Crippen MR) is 123 cm³/mol. The zero-order valence-electron chi connectivity index (χ0n) is 18.8. The molecular formula is C24H25ClFN3O4. The number of fused-ring (bicyclic) bond motifs is 1. The van der Waals surface area contributed by atoms with E-state index < -0.39 is 11.9 Å². The molecule has 0 unspecified atom stereocenters. The molecule has 4 rings (SSSR count). The molecule has 1 aromatic heterocycles. The second kappa shape index (κ2) is 9.11. The van der Waals surface area contributed by atoms with Crippen molar-refractivity contribution in [3.63, 3.8) is 0 Å². The number of amides is 1. The van der Waals surface area contributed by atoms with E-state index in [9.17, 15) is 14.0 Å². The molecule has 33 heavy (non-hydrogen) atoms. The molecule has 2 heterocycles. The summed E-state index contributed by atoms with van der Waals surface area (Å²) in [5, 5.41) is 0.723. The van der Waals surface area contributed by atoms with E-state index in [1.807, 2.05) is 13.8 Å². The highest BCUT2D eigenvalue weighted by atomic mass is 35.5. The number of H-pyrrole nitrogens is 1.